The lowest BCUT2D eigenvalue weighted by Gasteiger charge is -2.36. The van der Waals surface area contributed by atoms with E-state index in [-0.39, 0.29) is 31.2 Å². The van der Waals surface area contributed by atoms with Gasteiger partial charge in [-0.05, 0) is 53.6 Å². The van der Waals surface area contributed by atoms with Gasteiger partial charge in [0.15, 0.2) is 11.9 Å². The molecule has 0 radical (unpaired) electrons. The molecule has 2 N–H and O–H groups in total. The van der Waals surface area contributed by atoms with Crippen LogP contribution in [0.3, 0.4) is 0 Å². The fraction of sp³-hybridized carbons (Fsp3) is 0.875. The Morgan fingerprint density at radius 1 is 1.09 bits per heavy atom. The van der Waals surface area contributed by atoms with Crippen molar-refractivity contribution in [2.75, 3.05) is 41.5 Å². The molecule has 6 unspecified atom stereocenters. The average molecular weight is 632 g/mol. The average Bonchev–Trinajstić information content (AvgIpc) is 3.31. The van der Waals surface area contributed by atoms with Crippen LogP contribution in [0.4, 0.5) is 9.59 Å². The second kappa shape index (κ2) is 21.3. The van der Waals surface area contributed by atoms with E-state index in [0.29, 0.717) is 25.0 Å². The number of hydrogen-bond donors (Lipinski definition) is 2. The molecule has 2 heterocycles. The van der Waals surface area contributed by atoms with Crippen molar-refractivity contribution in [1.82, 2.24) is 15.5 Å². The molecule has 2 rings (SSSR count). The Labute approximate surface area is 265 Å². The van der Waals surface area contributed by atoms with Gasteiger partial charge in [0.1, 0.15) is 12.4 Å². The molecule has 8 atom stereocenters. The molecule has 0 saturated carbocycles. The Bertz CT molecular complexity index is 872. The van der Waals surface area contributed by atoms with Crippen LogP contribution in [-0.2, 0) is 33.3 Å². The number of hydrogen-bond acceptors (Lipinski definition) is 10. The van der Waals surface area contributed by atoms with Gasteiger partial charge in [0.05, 0.1) is 24.7 Å². The minimum Gasteiger partial charge on any atom is -0.461 e. The number of rotatable bonds is 14. The standard InChI is InChI=1S/C21H36N2O7.C9H19NO2.C2H6/c1-7-9-13(2)16(24)15(4)17-21(5,30-20(27)23-17)12-29-18(25)14(3)10-8-11-28-19(26)22-6;1-7-5-8(10(2)3)6-9(11-4)12-7;1-2/h13-15,17H,7-12H2,1-6H3,(H,22,26)(H,23,27);7-9H,5-6H2,1-4H3;1-2H3/t13-,14?,15?,17?,21-;;/m1../s1. The molecule has 12 nitrogen and oxygen atoms in total. The van der Waals surface area contributed by atoms with Crippen molar-refractivity contribution in [2.45, 2.75) is 124 Å². The lowest BCUT2D eigenvalue weighted by molar-refractivity contribution is -0.188. The number of ether oxygens (including phenoxy) is 5. The Kier molecular flexibility index (Phi) is 20.1. The molecule has 2 fully saturated rings. The summed E-state index contributed by atoms with van der Waals surface area (Å²) in [5.74, 6) is -1.38. The summed E-state index contributed by atoms with van der Waals surface area (Å²) in [5, 5.41) is 5.05. The number of carbonyl (C=O) groups is 4. The van der Waals surface area contributed by atoms with E-state index in [0.717, 1.165) is 25.7 Å². The molecule has 258 valence electrons. The molecule has 0 bridgehead atoms. The summed E-state index contributed by atoms with van der Waals surface area (Å²) in [6, 6.07) is 0.0135. The van der Waals surface area contributed by atoms with Gasteiger partial charge >= 0.3 is 18.2 Å². The third-order valence-corrected chi connectivity index (χ3v) is 7.98. The fourth-order valence-electron chi connectivity index (χ4n) is 5.29. The molecule has 2 amide bonds. The zero-order valence-electron chi connectivity index (χ0n) is 29.3. The first kappa shape index (κ1) is 41.6. The van der Waals surface area contributed by atoms with E-state index in [9.17, 15) is 19.2 Å². The largest absolute Gasteiger partial charge is 0.461 e. The number of Topliss-reactive ketones (excluding diaryl/α,β-unsaturated/α-hetero) is 1. The maximum absolute atomic E-state index is 12.7. The van der Waals surface area contributed by atoms with Gasteiger partial charge in [0.2, 0.25) is 0 Å². The predicted octanol–water partition coefficient (Wildman–Crippen LogP) is 4.92. The minimum atomic E-state index is -1.13. The molecular weight excluding hydrogens is 570 g/mol. The first-order valence-corrected chi connectivity index (χ1v) is 16.1. The SMILES string of the molecule is CC.CCC[C@@H](C)C(=O)C(C)C1NC(=O)O[C@]1(C)COC(=O)C(C)CCCOC(=O)NC.COC1CC(N(C)C)CC(C)O1. The van der Waals surface area contributed by atoms with Crippen molar-refractivity contribution in [3.63, 3.8) is 0 Å². The Morgan fingerprint density at radius 3 is 2.27 bits per heavy atom. The van der Waals surface area contributed by atoms with E-state index < -0.39 is 41.6 Å². The Balaban J connectivity index is 0.00000109. The van der Waals surface area contributed by atoms with E-state index in [2.05, 4.69) is 36.6 Å². The maximum atomic E-state index is 12.7. The summed E-state index contributed by atoms with van der Waals surface area (Å²) in [5.41, 5.74) is -1.13. The highest BCUT2D eigenvalue weighted by molar-refractivity contribution is 5.85. The van der Waals surface area contributed by atoms with Crippen molar-refractivity contribution in [1.29, 1.82) is 0 Å². The fourth-order valence-corrected chi connectivity index (χ4v) is 5.29. The summed E-state index contributed by atoms with van der Waals surface area (Å²) >= 11 is 0. The highest BCUT2D eigenvalue weighted by Gasteiger charge is 2.51. The van der Waals surface area contributed by atoms with Crippen LogP contribution in [0.15, 0.2) is 0 Å². The number of ketones is 1. The van der Waals surface area contributed by atoms with Gasteiger partial charge in [-0.25, -0.2) is 9.59 Å². The van der Waals surface area contributed by atoms with E-state index in [4.69, 9.17) is 23.7 Å². The van der Waals surface area contributed by atoms with Crippen LogP contribution in [0.1, 0.15) is 93.9 Å². The number of nitrogens with one attached hydrogen (secondary N) is 2. The van der Waals surface area contributed by atoms with E-state index in [1.165, 1.54) is 7.05 Å². The van der Waals surface area contributed by atoms with Crippen LogP contribution < -0.4 is 10.6 Å². The predicted molar refractivity (Wildman–Crippen MR) is 169 cm³/mol. The molecule has 12 heteroatoms. The molecule has 0 aliphatic carbocycles. The van der Waals surface area contributed by atoms with Crippen molar-refractivity contribution >= 4 is 23.9 Å². The monoisotopic (exact) mass is 631 g/mol. The molecule has 44 heavy (non-hydrogen) atoms. The molecule has 0 aromatic heterocycles. The summed E-state index contributed by atoms with van der Waals surface area (Å²) in [4.78, 5) is 50.2. The highest BCUT2D eigenvalue weighted by Crippen LogP contribution is 2.31. The smallest absolute Gasteiger partial charge is 0.408 e. The Morgan fingerprint density at radius 2 is 1.73 bits per heavy atom. The zero-order valence-corrected chi connectivity index (χ0v) is 29.3. The van der Waals surface area contributed by atoms with Gasteiger partial charge in [0.25, 0.3) is 0 Å². The third kappa shape index (κ3) is 14.1. The van der Waals surface area contributed by atoms with Gasteiger partial charge in [-0.2, -0.15) is 0 Å². The normalized spacial score (nSPS) is 26.3. The summed E-state index contributed by atoms with van der Waals surface area (Å²) < 4.78 is 26.5. The van der Waals surface area contributed by atoms with E-state index in [1.807, 2.05) is 27.7 Å². The van der Waals surface area contributed by atoms with Crippen molar-refractivity contribution in [2.24, 2.45) is 17.8 Å². The van der Waals surface area contributed by atoms with Crippen LogP contribution in [0.5, 0.6) is 0 Å². The van der Waals surface area contributed by atoms with E-state index in [1.54, 1.807) is 27.9 Å². The second-order valence-electron chi connectivity index (χ2n) is 11.9. The summed E-state index contributed by atoms with van der Waals surface area (Å²) in [6.45, 7) is 15.2. The second-order valence-corrected chi connectivity index (χ2v) is 11.9. The van der Waals surface area contributed by atoms with Gasteiger partial charge in [-0.3, -0.25) is 9.59 Å². The first-order chi connectivity index (χ1) is 20.7. The zero-order chi connectivity index (χ0) is 34.0. The number of cyclic esters (lactones) is 1. The lowest BCUT2D eigenvalue weighted by Crippen LogP contribution is -2.52. The molecular formula is C32H61N3O9. The number of methoxy groups -OCH3 is 1. The van der Waals surface area contributed by atoms with Crippen LogP contribution in [0, 0.1) is 17.8 Å². The van der Waals surface area contributed by atoms with Crippen LogP contribution >= 0.6 is 0 Å². The number of carbonyl (C=O) groups excluding carboxylic acids is 4. The molecule has 2 aliphatic heterocycles. The molecule has 0 spiro atoms. The number of esters is 1. The quantitative estimate of drug-likeness (QED) is 0.154. The van der Waals surface area contributed by atoms with Gasteiger partial charge in [-0.15, -0.1) is 0 Å². The first-order valence-electron chi connectivity index (χ1n) is 16.1. The van der Waals surface area contributed by atoms with Crippen LogP contribution in [0.25, 0.3) is 0 Å². The topological polar surface area (TPSA) is 142 Å². The van der Waals surface area contributed by atoms with Crippen LogP contribution in [-0.4, -0.2) is 100 Å². The molecule has 0 aromatic carbocycles. The molecule has 0 aromatic rings. The number of alkyl carbamates (subject to hydrolysis) is 2. The van der Waals surface area contributed by atoms with Gasteiger partial charge < -0.3 is 39.2 Å². The molecule has 2 saturated heterocycles. The summed E-state index contributed by atoms with van der Waals surface area (Å²) in [7, 11) is 7.39. The van der Waals surface area contributed by atoms with Gasteiger partial charge in [-0.1, -0.05) is 48.0 Å². The lowest BCUT2D eigenvalue weighted by atomic mass is 9.81. The number of amides is 2. The summed E-state index contributed by atoms with van der Waals surface area (Å²) in [6.07, 6.45) is 3.92. The van der Waals surface area contributed by atoms with Crippen molar-refractivity contribution in [3.8, 4) is 0 Å². The maximum Gasteiger partial charge on any atom is 0.408 e. The minimum absolute atomic E-state index is 0.0128. The van der Waals surface area contributed by atoms with Gasteiger partial charge in [0, 0.05) is 38.5 Å². The number of nitrogens with zero attached hydrogens (tertiary/aromatic N) is 1. The Hall–Kier alpha value is -2.44. The molecule has 2 aliphatic rings. The van der Waals surface area contributed by atoms with Crippen molar-refractivity contribution in [3.05, 3.63) is 0 Å². The van der Waals surface area contributed by atoms with Crippen LogP contribution in [0.2, 0.25) is 0 Å². The van der Waals surface area contributed by atoms with Crippen molar-refractivity contribution < 1.29 is 42.9 Å². The highest BCUT2D eigenvalue weighted by atomic mass is 16.7. The third-order valence-electron chi connectivity index (χ3n) is 7.98. The van der Waals surface area contributed by atoms with E-state index >= 15 is 0 Å².